The summed E-state index contributed by atoms with van der Waals surface area (Å²) >= 11 is 0. The molecular formula is C14H12FN3O. The molecule has 5 heteroatoms. The number of hydrogen-bond acceptors (Lipinski definition) is 3. The zero-order valence-electron chi connectivity index (χ0n) is 10.3. The fraction of sp³-hybridized carbons (Fsp3) is 0.0714. The third-order valence-electron chi connectivity index (χ3n) is 2.98. The largest absolute Gasteiger partial charge is 0.497 e. The van der Waals surface area contributed by atoms with Crippen LogP contribution in [0.1, 0.15) is 0 Å². The number of anilines is 1. The van der Waals surface area contributed by atoms with E-state index in [1.165, 1.54) is 6.07 Å². The van der Waals surface area contributed by atoms with Gasteiger partial charge in [0, 0.05) is 6.07 Å². The summed E-state index contributed by atoms with van der Waals surface area (Å²) in [4.78, 5) is 4.23. The van der Waals surface area contributed by atoms with Gasteiger partial charge in [-0.05, 0) is 24.3 Å². The lowest BCUT2D eigenvalue weighted by atomic mass is 10.2. The average molecular weight is 257 g/mol. The van der Waals surface area contributed by atoms with E-state index < -0.39 is 0 Å². The Morgan fingerprint density at radius 3 is 2.74 bits per heavy atom. The van der Waals surface area contributed by atoms with E-state index in [1.54, 1.807) is 42.0 Å². The number of nitrogen functional groups attached to an aromatic ring is 1. The fourth-order valence-corrected chi connectivity index (χ4v) is 2.09. The molecule has 3 aromatic rings. The van der Waals surface area contributed by atoms with Crippen LogP contribution in [0.5, 0.6) is 5.75 Å². The summed E-state index contributed by atoms with van der Waals surface area (Å²) in [5.41, 5.74) is 7.68. The standard InChI is InChI=1S/C14H12FN3O/c1-19-9-6-7-13-11(8-9)17-14(16)18(13)12-5-3-2-4-10(12)15/h2-8H,1H3,(H2,16,17). The molecule has 0 saturated heterocycles. The second-order valence-electron chi connectivity index (χ2n) is 4.11. The third kappa shape index (κ3) is 1.79. The summed E-state index contributed by atoms with van der Waals surface area (Å²) in [6, 6.07) is 11.8. The SMILES string of the molecule is COc1ccc2c(c1)nc(N)n2-c1ccccc1F. The Kier molecular flexibility index (Phi) is 2.59. The Bertz CT molecular complexity index is 752. The molecule has 0 radical (unpaired) electrons. The molecule has 19 heavy (non-hydrogen) atoms. The zero-order chi connectivity index (χ0) is 13.4. The number of methoxy groups -OCH3 is 1. The van der Waals surface area contributed by atoms with Crippen molar-refractivity contribution in [3.63, 3.8) is 0 Å². The van der Waals surface area contributed by atoms with E-state index in [-0.39, 0.29) is 11.8 Å². The molecule has 0 bridgehead atoms. The maximum absolute atomic E-state index is 13.9. The van der Waals surface area contributed by atoms with Crippen molar-refractivity contribution in [1.82, 2.24) is 9.55 Å². The van der Waals surface area contributed by atoms with Crippen molar-refractivity contribution in [3.8, 4) is 11.4 Å². The van der Waals surface area contributed by atoms with Gasteiger partial charge < -0.3 is 10.5 Å². The number of aromatic nitrogens is 2. The van der Waals surface area contributed by atoms with Crippen molar-refractivity contribution in [1.29, 1.82) is 0 Å². The van der Waals surface area contributed by atoms with Gasteiger partial charge in [-0.3, -0.25) is 4.57 Å². The van der Waals surface area contributed by atoms with E-state index in [0.29, 0.717) is 17.0 Å². The Morgan fingerprint density at radius 2 is 2.00 bits per heavy atom. The summed E-state index contributed by atoms with van der Waals surface area (Å²) in [6.45, 7) is 0. The number of nitrogens with zero attached hydrogens (tertiary/aromatic N) is 2. The molecule has 0 spiro atoms. The second-order valence-corrected chi connectivity index (χ2v) is 4.11. The molecule has 0 fully saturated rings. The quantitative estimate of drug-likeness (QED) is 0.768. The number of ether oxygens (including phenoxy) is 1. The summed E-state index contributed by atoms with van der Waals surface area (Å²) in [5.74, 6) is 0.586. The van der Waals surface area contributed by atoms with Crippen LogP contribution in [-0.2, 0) is 0 Å². The second kappa shape index (κ2) is 4.28. The Balaban J connectivity index is 2.30. The van der Waals surface area contributed by atoms with Gasteiger partial charge in [0.2, 0.25) is 5.95 Å². The first-order valence-corrected chi connectivity index (χ1v) is 5.77. The van der Waals surface area contributed by atoms with Gasteiger partial charge in [0.05, 0.1) is 23.8 Å². The first-order valence-electron chi connectivity index (χ1n) is 5.77. The summed E-state index contributed by atoms with van der Waals surface area (Å²) in [7, 11) is 1.58. The van der Waals surface area contributed by atoms with Gasteiger partial charge in [0.15, 0.2) is 0 Å². The van der Waals surface area contributed by atoms with Crippen LogP contribution in [0.25, 0.3) is 16.7 Å². The van der Waals surface area contributed by atoms with Crippen molar-refractivity contribution >= 4 is 17.0 Å². The molecule has 0 amide bonds. The number of benzene rings is 2. The van der Waals surface area contributed by atoms with E-state index in [4.69, 9.17) is 10.5 Å². The maximum Gasteiger partial charge on any atom is 0.206 e. The highest BCUT2D eigenvalue weighted by atomic mass is 19.1. The molecular weight excluding hydrogens is 245 g/mol. The molecule has 3 rings (SSSR count). The number of rotatable bonds is 2. The third-order valence-corrected chi connectivity index (χ3v) is 2.98. The predicted molar refractivity (Wildman–Crippen MR) is 72.0 cm³/mol. The van der Waals surface area contributed by atoms with E-state index in [1.807, 2.05) is 6.07 Å². The molecule has 2 N–H and O–H groups in total. The molecule has 1 heterocycles. The van der Waals surface area contributed by atoms with Crippen LogP contribution in [0.4, 0.5) is 10.3 Å². The Labute approximate surface area is 109 Å². The Hall–Kier alpha value is -2.56. The molecule has 96 valence electrons. The first-order chi connectivity index (χ1) is 9.20. The maximum atomic E-state index is 13.9. The molecule has 1 aromatic heterocycles. The van der Waals surface area contributed by atoms with Crippen LogP contribution < -0.4 is 10.5 Å². The summed E-state index contributed by atoms with van der Waals surface area (Å²) in [6.07, 6.45) is 0. The van der Waals surface area contributed by atoms with Crippen molar-refractivity contribution in [2.45, 2.75) is 0 Å². The smallest absolute Gasteiger partial charge is 0.206 e. The number of para-hydroxylation sites is 1. The molecule has 0 aliphatic carbocycles. The molecule has 4 nitrogen and oxygen atoms in total. The topological polar surface area (TPSA) is 53.1 Å². The number of hydrogen-bond donors (Lipinski definition) is 1. The van der Waals surface area contributed by atoms with Crippen molar-refractivity contribution in [3.05, 3.63) is 48.3 Å². The molecule has 0 unspecified atom stereocenters. The lowest BCUT2D eigenvalue weighted by Gasteiger charge is -2.07. The molecule has 0 aliphatic rings. The average Bonchev–Trinajstić information content (AvgIpc) is 2.74. The van der Waals surface area contributed by atoms with Crippen LogP contribution in [0, 0.1) is 5.82 Å². The highest BCUT2D eigenvalue weighted by Crippen LogP contribution is 2.27. The normalized spacial score (nSPS) is 10.8. The lowest BCUT2D eigenvalue weighted by molar-refractivity contribution is 0.415. The van der Waals surface area contributed by atoms with Gasteiger partial charge in [-0.15, -0.1) is 0 Å². The van der Waals surface area contributed by atoms with Crippen LogP contribution in [-0.4, -0.2) is 16.7 Å². The number of imidazole rings is 1. The number of halogens is 1. The van der Waals surface area contributed by atoms with Crippen molar-refractivity contribution < 1.29 is 9.13 Å². The van der Waals surface area contributed by atoms with E-state index >= 15 is 0 Å². The molecule has 2 aromatic carbocycles. The minimum Gasteiger partial charge on any atom is -0.497 e. The lowest BCUT2D eigenvalue weighted by Crippen LogP contribution is -2.02. The molecule has 0 saturated carbocycles. The molecule has 0 atom stereocenters. The molecule has 0 aliphatic heterocycles. The van der Waals surface area contributed by atoms with Gasteiger partial charge in [-0.1, -0.05) is 12.1 Å². The van der Waals surface area contributed by atoms with Crippen LogP contribution >= 0.6 is 0 Å². The minimum atomic E-state index is -0.343. The van der Waals surface area contributed by atoms with Gasteiger partial charge in [0.1, 0.15) is 11.6 Å². The monoisotopic (exact) mass is 257 g/mol. The van der Waals surface area contributed by atoms with E-state index in [9.17, 15) is 4.39 Å². The fourth-order valence-electron chi connectivity index (χ4n) is 2.09. The minimum absolute atomic E-state index is 0.244. The van der Waals surface area contributed by atoms with Crippen LogP contribution in [0.2, 0.25) is 0 Å². The van der Waals surface area contributed by atoms with Gasteiger partial charge >= 0.3 is 0 Å². The highest BCUT2D eigenvalue weighted by Gasteiger charge is 2.13. The van der Waals surface area contributed by atoms with Gasteiger partial charge in [0.25, 0.3) is 0 Å². The van der Waals surface area contributed by atoms with Crippen molar-refractivity contribution in [2.24, 2.45) is 0 Å². The highest BCUT2D eigenvalue weighted by molar-refractivity contribution is 5.82. The van der Waals surface area contributed by atoms with Crippen LogP contribution in [0.15, 0.2) is 42.5 Å². The van der Waals surface area contributed by atoms with E-state index in [0.717, 1.165) is 5.52 Å². The first kappa shape index (κ1) is 11.5. The zero-order valence-corrected chi connectivity index (χ0v) is 10.3. The predicted octanol–water partition coefficient (Wildman–Crippen LogP) is 2.76. The van der Waals surface area contributed by atoms with Gasteiger partial charge in [-0.25, -0.2) is 9.37 Å². The summed E-state index contributed by atoms with van der Waals surface area (Å²) < 4.78 is 20.6. The summed E-state index contributed by atoms with van der Waals surface area (Å²) in [5, 5.41) is 0. The van der Waals surface area contributed by atoms with Crippen molar-refractivity contribution in [2.75, 3.05) is 12.8 Å². The van der Waals surface area contributed by atoms with Crippen LogP contribution in [0.3, 0.4) is 0 Å². The Morgan fingerprint density at radius 1 is 1.21 bits per heavy atom. The number of fused-ring (bicyclic) bond motifs is 1. The van der Waals surface area contributed by atoms with E-state index in [2.05, 4.69) is 4.98 Å². The van der Waals surface area contributed by atoms with Gasteiger partial charge in [-0.2, -0.15) is 0 Å². The number of nitrogens with two attached hydrogens (primary N) is 1.